The van der Waals surface area contributed by atoms with E-state index in [0.29, 0.717) is 22.5 Å². The number of hydrogen-bond acceptors (Lipinski definition) is 6. The van der Waals surface area contributed by atoms with E-state index in [1.54, 1.807) is 12.1 Å². The SMILES string of the molecule is Nc1cnc(-c2ccc(O)c(Cl)c2)c(-c2cnoc2)n1. The van der Waals surface area contributed by atoms with Gasteiger partial charge in [-0.3, -0.25) is 4.98 Å². The second-order valence-corrected chi connectivity index (χ2v) is 4.48. The highest BCUT2D eigenvalue weighted by Crippen LogP contribution is 2.33. The summed E-state index contributed by atoms with van der Waals surface area (Å²) in [5.41, 5.74) is 8.15. The van der Waals surface area contributed by atoms with Crippen LogP contribution in [0.2, 0.25) is 5.02 Å². The Morgan fingerprint density at radius 1 is 1.15 bits per heavy atom. The molecule has 0 aliphatic rings. The summed E-state index contributed by atoms with van der Waals surface area (Å²) in [5, 5.41) is 13.4. The molecule has 3 rings (SSSR count). The van der Waals surface area contributed by atoms with Crippen molar-refractivity contribution in [3.05, 3.63) is 41.9 Å². The summed E-state index contributed by atoms with van der Waals surface area (Å²) in [4.78, 5) is 8.53. The number of phenols is 1. The van der Waals surface area contributed by atoms with Gasteiger partial charge in [0.2, 0.25) is 0 Å². The van der Waals surface area contributed by atoms with Crippen LogP contribution in [-0.2, 0) is 0 Å². The van der Waals surface area contributed by atoms with Crippen LogP contribution in [0, 0.1) is 0 Å². The van der Waals surface area contributed by atoms with Crippen LogP contribution in [-0.4, -0.2) is 20.2 Å². The van der Waals surface area contributed by atoms with Gasteiger partial charge in [0.1, 0.15) is 23.5 Å². The lowest BCUT2D eigenvalue weighted by Crippen LogP contribution is -1.97. The molecule has 20 heavy (non-hydrogen) atoms. The third kappa shape index (κ3) is 2.17. The Kier molecular flexibility index (Phi) is 3.00. The van der Waals surface area contributed by atoms with Crippen molar-refractivity contribution in [2.24, 2.45) is 0 Å². The third-order valence-electron chi connectivity index (χ3n) is 2.72. The molecule has 6 nitrogen and oxygen atoms in total. The van der Waals surface area contributed by atoms with Gasteiger partial charge in [0.05, 0.1) is 28.7 Å². The number of nitrogens with zero attached hydrogens (tertiary/aromatic N) is 3. The standard InChI is InChI=1S/C13H9ClN4O2/c14-9-3-7(1-2-10(9)19)12-13(8-4-17-20-6-8)18-11(15)5-16-12/h1-6,19H,(H2,15,18). The maximum atomic E-state index is 9.48. The molecule has 0 radical (unpaired) electrons. The lowest BCUT2D eigenvalue weighted by Gasteiger charge is -2.08. The van der Waals surface area contributed by atoms with Gasteiger partial charge >= 0.3 is 0 Å². The summed E-state index contributed by atoms with van der Waals surface area (Å²) in [6.45, 7) is 0. The van der Waals surface area contributed by atoms with E-state index < -0.39 is 0 Å². The minimum atomic E-state index is 0.00495. The van der Waals surface area contributed by atoms with Gasteiger partial charge in [-0.2, -0.15) is 0 Å². The first-order chi connectivity index (χ1) is 9.65. The van der Waals surface area contributed by atoms with Gasteiger partial charge in [-0.15, -0.1) is 0 Å². The summed E-state index contributed by atoms with van der Waals surface area (Å²) in [6, 6.07) is 4.79. The zero-order valence-electron chi connectivity index (χ0n) is 10.1. The van der Waals surface area contributed by atoms with Gasteiger partial charge in [-0.25, -0.2) is 4.98 Å². The molecule has 3 aromatic rings. The zero-order valence-corrected chi connectivity index (χ0v) is 10.9. The molecule has 0 saturated carbocycles. The van der Waals surface area contributed by atoms with Crippen LogP contribution < -0.4 is 5.73 Å². The van der Waals surface area contributed by atoms with Crippen LogP contribution in [0.25, 0.3) is 22.5 Å². The number of aromatic hydroxyl groups is 1. The van der Waals surface area contributed by atoms with E-state index in [9.17, 15) is 5.11 Å². The molecule has 0 bridgehead atoms. The van der Waals surface area contributed by atoms with Crippen molar-refractivity contribution in [2.45, 2.75) is 0 Å². The van der Waals surface area contributed by atoms with Crippen LogP contribution in [0.5, 0.6) is 5.75 Å². The summed E-state index contributed by atoms with van der Waals surface area (Å²) >= 11 is 5.92. The van der Waals surface area contributed by atoms with Gasteiger partial charge in [0.25, 0.3) is 0 Å². The fraction of sp³-hybridized carbons (Fsp3) is 0. The van der Waals surface area contributed by atoms with E-state index in [1.165, 1.54) is 24.7 Å². The molecule has 1 aromatic carbocycles. The fourth-order valence-electron chi connectivity index (χ4n) is 1.79. The van der Waals surface area contributed by atoms with E-state index in [4.69, 9.17) is 21.9 Å². The molecule has 2 aromatic heterocycles. The largest absolute Gasteiger partial charge is 0.506 e. The zero-order chi connectivity index (χ0) is 14.1. The van der Waals surface area contributed by atoms with Crippen LogP contribution in [0.4, 0.5) is 5.82 Å². The number of hydrogen-bond donors (Lipinski definition) is 2. The number of halogens is 1. The van der Waals surface area contributed by atoms with E-state index in [1.807, 2.05) is 0 Å². The predicted molar refractivity (Wildman–Crippen MR) is 74.1 cm³/mol. The third-order valence-corrected chi connectivity index (χ3v) is 3.02. The number of aromatic nitrogens is 3. The first-order valence-corrected chi connectivity index (χ1v) is 6.04. The van der Waals surface area contributed by atoms with Crippen LogP contribution >= 0.6 is 11.6 Å². The smallest absolute Gasteiger partial charge is 0.142 e. The number of nitrogen functional groups attached to an aromatic ring is 1. The summed E-state index contributed by atoms with van der Waals surface area (Å²) in [5.74, 6) is 0.292. The molecule has 2 heterocycles. The molecule has 0 saturated heterocycles. The van der Waals surface area contributed by atoms with Crippen molar-refractivity contribution in [2.75, 3.05) is 5.73 Å². The van der Waals surface area contributed by atoms with Crippen molar-refractivity contribution in [1.29, 1.82) is 0 Å². The lowest BCUT2D eigenvalue weighted by atomic mass is 10.1. The Morgan fingerprint density at radius 2 is 2.00 bits per heavy atom. The number of phenolic OH excluding ortho intramolecular Hbond substituents is 1. The molecule has 0 amide bonds. The minimum Gasteiger partial charge on any atom is -0.506 e. The molecule has 3 N–H and O–H groups in total. The Balaban J connectivity index is 2.20. The average molecular weight is 289 g/mol. The monoisotopic (exact) mass is 288 g/mol. The highest BCUT2D eigenvalue weighted by atomic mass is 35.5. The molecule has 0 aliphatic carbocycles. The summed E-state index contributed by atoms with van der Waals surface area (Å²) in [6.07, 6.45) is 4.43. The van der Waals surface area contributed by atoms with Gasteiger partial charge in [0.15, 0.2) is 0 Å². The Bertz CT molecular complexity index is 759. The van der Waals surface area contributed by atoms with E-state index in [2.05, 4.69) is 15.1 Å². The van der Waals surface area contributed by atoms with Gasteiger partial charge in [0, 0.05) is 5.56 Å². The highest BCUT2D eigenvalue weighted by molar-refractivity contribution is 6.32. The fourth-order valence-corrected chi connectivity index (χ4v) is 1.97. The molecular formula is C13H9ClN4O2. The molecule has 0 fully saturated rings. The Morgan fingerprint density at radius 3 is 2.70 bits per heavy atom. The van der Waals surface area contributed by atoms with Gasteiger partial charge in [-0.1, -0.05) is 16.8 Å². The van der Waals surface area contributed by atoms with Gasteiger partial charge < -0.3 is 15.4 Å². The topological polar surface area (TPSA) is 98.1 Å². The van der Waals surface area contributed by atoms with E-state index >= 15 is 0 Å². The van der Waals surface area contributed by atoms with Gasteiger partial charge in [-0.05, 0) is 18.2 Å². The molecular weight excluding hydrogens is 280 g/mol. The minimum absolute atomic E-state index is 0.00495. The Hall–Kier alpha value is -2.60. The van der Waals surface area contributed by atoms with Crippen molar-refractivity contribution in [1.82, 2.24) is 15.1 Å². The molecule has 0 aliphatic heterocycles. The van der Waals surface area contributed by atoms with Crippen LogP contribution in [0.15, 0.2) is 41.4 Å². The lowest BCUT2D eigenvalue weighted by molar-refractivity contribution is 0.420. The van der Waals surface area contributed by atoms with E-state index in [-0.39, 0.29) is 16.6 Å². The maximum absolute atomic E-state index is 9.48. The Labute approximate surface area is 118 Å². The summed E-state index contributed by atoms with van der Waals surface area (Å²) < 4.78 is 4.82. The first kappa shape index (κ1) is 12.4. The highest BCUT2D eigenvalue weighted by Gasteiger charge is 2.14. The average Bonchev–Trinajstić information content (AvgIpc) is 2.96. The van der Waals surface area contributed by atoms with Crippen molar-refractivity contribution >= 4 is 17.4 Å². The molecule has 0 spiro atoms. The molecule has 0 unspecified atom stereocenters. The second-order valence-electron chi connectivity index (χ2n) is 4.07. The molecule has 0 atom stereocenters. The second kappa shape index (κ2) is 4.82. The quantitative estimate of drug-likeness (QED) is 0.752. The van der Waals surface area contributed by atoms with E-state index in [0.717, 1.165) is 0 Å². The molecule has 100 valence electrons. The number of benzene rings is 1. The normalized spacial score (nSPS) is 10.7. The number of rotatable bonds is 2. The maximum Gasteiger partial charge on any atom is 0.142 e. The number of nitrogens with two attached hydrogens (primary N) is 1. The molecule has 7 heteroatoms. The van der Waals surface area contributed by atoms with Crippen molar-refractivity contribution < 1.29 is 9.63 Å². The predicted octanol–water partition coefficient (Wildman–Crippen LogP) is 2.74. The summed E-state index contributed by atoms with van der Waals surface area (Å²) in [7, 11) is 0. The van der Waals surface area contributed by atoms with Crippen molar-refractivity contribution in [3.63, 3.8) is 0 Å². The number of anilines is 1. The van der Waals surface area contributed by atoms with Crippen LogP contribution in [0.3, 0.4) is 0 Å². The van der Waals surface area contributed by atoms with Crippen molar-refractivity contribution in [3.8, 4) is 28.3 Å². The van der Waals surface area contributed by atoms with Crippen LogP contribution in [0.1, 0.15) is 0 Å². The first-order valence-electron chi connectivity index (χ1n) is 5.66.